The molecule has 106 valence electrons. The third kappa shape index (κ3) is 3.63. The van der Waals surface area contributed by atoms with Gasteiger partial charge in [0.05, 0.1) is 16.3 Å². The minimum Gasteiger partial charge on any atom is -0.325 e. The molecule has 0 fully saturated rings. The first-order valence-corrected chi connectivity index (χ1v) is 7.62. The van der Waals surface area contributed by atoms with Crippen LogP contribution in [-0.4, -0.2) is 21.9 Å². The number of hydrogen-bond donors (Lipinski definition) is 2. The van der Waals surface area contributed by atoms with Gasteiger partial charge in [0.25, 0.3) is 0 Å². The summed E-state index contributed by atoms with van der Waals surface area (Å²) in [5.41, 5.74) is 4.02. The van der Waals surface area contributed by atoms with Crippen molar-refractivity contribution < 1.29 is 4.79 Å². The van der Waals surface area contributed by atoms with Crippen LogP contribution in [-0.2, 0) is 11.2 Å². The minimum absolute atomic E-state index is 0.00301. The number of amides is 1. The monoisotopic (exact) mass is 289 g/mol. The van der Waals surface area contributed by atoms with Crippen LogP contribution in [0.2, 0.25) is 0 Å². The van der Waals surface area contributed by atoms with Gasteiger partial charge in [0.2, 0.25) is 5.91 Å². The summed E-state index contributed by atoms with van der Waals surface area (Å²) >= 11 is 1.51. The lowest BCUT2D eigenvalue weighted by molar-refractivity contribution is -0.113. The predicted molar refractivity (Wildman–Crippen MR) is 83.2 cm³/mol. The van der Waals surface area contributed by atoms with Crippen LogP contribution < -0.4 is 5.32 Å². The first-order valence-electron chi connectivity index (χ1n) is 6.63. The molecule has 1 aromatic carbocycles. The van der Waals surface area contributed by atoms with Gasteiger partial charge in [0.15, 0.2) is 0 Å². The molecule has 20 heavy (non-hydrogen) atoms. The highest BCUT2D eigenvalue weighted by Gasteiger charge is 2.10. The average Bonchev–Trinajstić information content (AvgIpc) is 2.76. The summed E-state index contributed by atoms with van der Waals surface area (Å²) in [6.07, 6.45) is 0.964. The molecule has 0 radical (unpaired) electrons. The second-order valence-corrected chi connectivity index (χ2v) is 5.64. The van der Waals surface area contributed by atoms with E-state index in [1.54, 1.807) is 0 Å². The van der Waals surface area contributed by atoms with Gasteiger partial charge < -0.3 is 5.32 Å². The third-order valence-corrected chi connectivity index (χ3v) is 4.32. The molecule has 0 unspecified atom stereocenters. The highest BCUT2D eigenvalue weighted by Crippen LogP contribution is 2.24. The number of thioether (sulfide) groups is 1. The Labute approximate surface area is 123 Å². The Morgan fingerprint density at radius 1 is 1.40 bits per heavy atom. The van der Waals surface area contributed by atoms with Crippen LogP contribution >= 0.6 is 11.8 Å². The summed E-state index contributed by atoms with van der Waals surface area (Å²) in [4.78, 5) is 13.0. The molecule has 1 heterocycles. The van der Waals surface area contributed by atoms with Crippen molar-refractivity contribution in [2.75, 3.05) is 11.1 Å². The fourth-order valence-corrected chi connectivity index (χ4v) is 2.82. The molecule has 1 amide bonds. The minimum atomic E-state index is 0.00301. The summed E-state index contributed by atoms with van der Waals surface area (Å²) in [7, 11) is 0. The van der Waals surface area contributed by atoms with E-state index in [0.717, 1.165) is 28.4 Å². The molecule has 2 aromatic rings. The number of nitrogens with zero attached hydrogens (tertiary/aromatic N) is 1. The Balaban J connectivity index is 1.92. The van der Waals surface area contributed by atoms with E-state index in [1.165, 1.54) is 17.3 Å². The summed E-state index contributed by atoms with van der Waals surface area (Å²) in [6.45, 7) is 6.00. The number of aryl methyl sites for hydroxylation is 3. The highest BCUT2D eigenvalue weighted by atomic mass is 32.2. The number of anilines is 1. The van der Waals surface area contributed by atoms with Crippen LogP contribution in [0.3, 0.4) is 0 Å². The molecule has 0 bridgehead atoms. The van der Waals surface area contributed by atoms with E-state index in [9.17, 15) is 4.79 Å². The van der Waals surface area contributed by atoms with Gasteiger partial charge in [-0.2, -0.15) is 5.10 Å². The van der Waals surface area contributed by atoms with Crippen LogP contribution in [0.25, 0.3) is 0 Å². The van der Waals surface area contributed by atoms with E-state index in [2.05, 4.69) is 28.5 Å². The summed E-state index contributed by atoms with van der Waals surface area (Å²) < 4.78 is 0. The Hall–Kier alpha value is -1.75. The van der Waals surface area contributed by atoms with Crippen molar-refractivity contribution >= 4 is 23.4 Å². The molecular weight excluding hydrogens is 270 g/mol. The van der Waals surface area contributed by atoms with E-state index in [1.807, 2.05) is 32.0 Å². The molecule has 2 N–H and O–H groups in total. The van der Waals surface area contributed by atoms with Crippen molar-refractivity contribution in [2.24, 2.45) is 0 Å². The Morgan fingerprint density at radius 2 is 2.20 bits per heavy atom. The molecule has 0 spiro atoms. The van der Waals surface area contributed by atoms with Gasteiger partial charge >= 0.3 is 0 Å². The average molecular weight is 289 g/mol. The van der Waals surface area contributed by atoms with Gasteiger partial charge in [-0.15, -0.1) is 11.8 Å². The number of aromatic amines is 1. The summed E-state index contributed by atoms with van der Waals surface area (Å²) in [5, 5.41) is 9.97. The number of nitrogens with one attached hydrogen (secondary N) is 2. The Kier molecular flexibility index (Phi) is 4.84. The van der Waals surface area contributed by atoms with E-state index >= 15 is 0 Å². The first-order chi connectivity index (χ1) is 9.60. The molecule has 5 heteroatoms. The number of carbonyl (C=O) groups is 1. The SMILES string of the molecule is CCc1cccc(NC(=O)CSc2c(C)n[nH]c2C)c1. The van der Waals surface area contributed by atoms with Crippen molar-refractivity contribution in [1.29, 1.82) is 0 Å². The largest absolute Gasteiger partial charge is 0.325 e. The van der Waals surface area contributed by atoms with Crippen molar-refractivity contribution in [1.82, 2.24) is 10.2 Å². The second-order valence-electron chi connectivity index (χ2n) is 4.65. The van der Waals surface area contributed by atoms with Gasteiger partial charge in [-0.3, -0.25) is 9.89 Å². The summed E-state index contributed by atoms with van der Waals surface area (Å²) in [6, 6.07) is 7.95. The number of hydrogen-bond acceptors (Lipinski definition) is 3. The third-order valence-electron chi connectivity index (χ3n) is 3.03. The van der Waals surface area contributed by atoms with E-state index in [4.69, 9.17) is 0 Å². The topological polar surface area (TPSA) is 57.8 Å². The molecule has 0 aliphatic rings. The van der Waals surface area contributed by atoms with Crippen LogP contribution in [0.1, 0.15) is 23.9 Å². The molecule has 0 saturated heterocycles. The lowest BCUT2D eigenvalue weighted by Crippen LogP contribution is -2.14. The molecule has 4 nitrogen and oxygen atoms in total. The fraction of sp³-hybridized carbons (Fsp3) is 0.333. The predicted octanol–water partition coefficient (Wildman–Crippen LogP) is 3.32. The number of benzene rings is 1. The quantitative estimate of drug-likeness (QED) is 0.830. The van der Waals surface area contributed by atoms with Gasteiger partial charge in [0.1, 0.15) is 0 Å². The molecular formula is C15H19N3OS. The Morgan fingerprint density at radius 3 is 2.85 bits per heavy atom. The normalized spacial score (nSPS) is 10.6. The smallest absolute Gasteiger partial charge is 0.234 e. The maximum Gasteiger partial charge on any atom is 0.234 e. The number of carbonyl (C=O) groups excluding carboxylic acids is 1. The zero-order valence-electron chi connectivity index (χ0n) is 12.0. The molecule has 1 aromatic heterocycles. The van der Waals surface area contributed by atoms with Crippen LogP contribution in [0.4, 0.5) is 5.69 Å². The van der Waals surface area contributed by atoms with Gasteiger partial charge in [-0.1, -0.05) is 19.1 Å². The molecule has 0 aliphatic heterocycles. The zero-order valence-corrected chi connectivity index (χ0v) is 12.8. The van der Waals surface area contributed by atoms with Gasteiger partial charge in [-0.05, 0) is 38.0 Å². The standard InChI is InChI=1S/C15H19N3OS/c1-4-12-6-5-7-13(8-12)16-14(19)9-20-15-10(2)17-18-11(15)3/h5-8H,4,9H2,1-3H3,(H,16,19)(H,17,18). The van der Waals surface area contributed by atoms with Crippen LogP contribution in [0.15, 0.2) is 29.2 Å². The highest BCUT2D eigenvalue weighted by molar-refractivity contribution is 8.00. The van der Waals surface area contributed by atoms with Crippen LogP contribution in [0, 0.1) is 13.8 Å². The fourth-order valence-electron chi connectivity index (χ4n) is 1.96. The molecule has 2 rings (SSSR count). The van der Waals surface area contributed by atoms with E-state index < -0.39 is 0 Å². The van der Waals surface area contributed by atoms with E-state index in [0.29, 0.717) is 5.75 Å². The van der Waals surface area contributed by atoms with E-state index in [-0.39, 0.29) is 5.91 Å². The number of aromatic nitrogens is 2. The van der Waals surface area contributed by atoms with Gasteiger partial charge in [-0.25, -0.2) is 0 Å². The zero-order chi connectivity index (χ0) is 14.5. The second kappa shape index (κ2) is 6.61. The van der Waals surface area contributed by atoms with Crippen molar-refractivity contribution in [3.8, 4) is 0 Å². The first kappa shape index (κ1) is 14.7. The molecule has 0 atom stereocenters. The summed E-state index contributed by atoms with van der Waals surface area (Å²) in [5.74, 6) is 0.389. The lowest BCUT2D eigenvalue weighted by atomic mass is 10.1. The van der Waals surface area contributed by atoms with Gasteiger partial charge in [0, 0.05) is 11.4 Å². The molecule has 0 aliphatic carbocycles. The van der Waals surface area contributed by atoms with Crippen molar-refractivity contribution in [3.05, 3.63) is 41.2 Å². The van der Waals surface area contributed by atoms with Crippen molar-refractivity contribution in [2.45, 2.75) is 32.1 Å². The van der Waals surface area contributed by atoms with Crippen molar-refractivity contribution in [3.63, 3.8) is 0 Å². The molecule has 0 saturated carbocycles. The Bertz CT molecular complexity index is 587. The lowest BCUT2D eigenvalue weighted by Gasteiger charge is -2.06. The maximum atomic E-state index is 12.0. The maximum absolute atomic E-state index is 12.0. The number of rotatable bonds is 5. The number of H-pyrrole nitrogens is 1. The van der Waals surface area contributed by atoms with Crippen LogP contribution in [0.5, 0.6) is 0 Å².